The molecule has 7 heteroatoms. The lowest BCUT2D eigenvalue weighted by Crippen LogP contribution is -2.36. The summed E-state index contributed by atoms with van der Waals surface area (Å²) in [5.41, 5.74) is 7.06. The summed E-state index contributed by atoms with van der Waals surface area (Å²) in [5, 5.41) is 3.41. The van der Waals surface area contributed by atoms with E-state index in [-0.39, 0.29) is 36.8 Å². The Hall–Kier alpha value is -1.63. The van der Waals surface area contributed by atoms with E-state index < -0.39 is 0 Å². The number of amides is 1. The van der Waals surface area contributed by atoms with E-state index in [2.05, 4.69) is 20.9 Å². The molecule has 2 atom stereocenters. The molecule has 0 saturated carbocycles. The van der Waals surface area contributed by atoms with E-state index in [1.807, 2.05) is 12.1 Å². The third-order valence-electron chi connectivity index (χ3n) is 3.40. The Labute approximate surface area is 128 Å². The standard InChI is InChI=1S/C14H18ClN3O3/c1-21-12(19)6-7-16-14(20)11-8-17-18-13(11)9-2-4-10(15)5-3-9/h2-5,11,13,17-18H,6-8H2,1H3,(H,16,20). The van der Waals surface area contributed by atoms with Gasteiger partial charge in [-0.15, -0.1) is 0 Å². The molecular weight excluding hydrogens is 294 g/mol. The zero-order valence-electron chi connectivity index (χ0n) is 11.7. The zero-order valence-corrected chi connectivity index (χ0v) is 12.4. The molecule has 21 heavy (non-hydrogen) atoms. The van der Waals surface area contributed by atoms with Crippen LogP contribution in [0.2, 0.25) is 5.02 Å². The molecule has 0 radical (unpaired) electrons. The number of hydrogen-bond acceptors (Lipinski definition) is 5. The molecule has 1 aliphatic rings. The molecule has 1 aromatic carbocycles. The van der Waals surface area contributed by atoms with Crippen LogP contribution in [0.5, 0.6) is 0 Å². The van der Waals surface area contributed by atoms with Crippen molar-refractivity contribution in [3.8, 4) is 0 Å². The van der Waals surface area contributed by atoms with Gasteiger partial charge in [-0.3, -0.25) is 15.0 Å². The molecule has 1 fully saturated rings. The summed E-state index contributed by atoms with van der Waals surface area (Å²) in [4.78, 5) is 23.2. The van der Waals surface area contributed by atoms with Gasteiger partial charge in [-0.05, 0) is 17.7 Å². The van der Waals surface area contributed by atoms with Crippen LogP contribution in [0.25, 0.3) is 0 Å². The molecule has 1 amide bonds. The van der Waals surface area contributed by atoms with E-state index in [9.17, 15) is 9.59 Å². The second-order valence-electron chi connectivity index (χ2n) is 4.78. The van der Waals surface area contributed by atoms with Gasteiger partial charge >= 0.3 is 5.97 Å². The Bertz CT molecular complexity index is 507. The second-order valence-corrected chi connectivity index (χ2v) is 5.21. The minimum atomic E-state index is -0.341. The predicted molar refractivity (Wildman–Crippen MR) is 78.5 cm³/mol. The largest absolute Gasteiger partial charge is 0.469 e. The Kier molecular flexibility index (Phi) is 5.55. The second kappa shape index (κ2) is 7.40. The molecule has 1 heterocycles. The fraction of sp³-hybridized carbons (Fsp3) is 0.429. The SMILES string of the molecule is COC(=O)CCNC(=O)C1CNNC1c1ccc(Cl)cc1. The monoisotopic (exact) mass is 311 g/mol. The lowest BCUT2D eigenvalue weighted by molar-refractivity contribution is -0.140. The van der Waals surface area contributed by atoms with Gasteiger partial charge in [0.2, 0.25) is 5.91 Å². The van der Waals surface area contributed by atoms with E-state index in [1.165, 1.54) is 7.11 Å². The Balaban J connectivity index is 1.93. The molecule has 1 saturated heterocycles. The number of ether oxygens (including phenoxy) is 1. The van der Waals surface area contributed by atoms with Crippen molar-refractivity contribution in [1.29, 1.82) is 0 Å². The first kappa shape index (κ1) is 15.8. The maximum absolute atomic E-state index is 12.2. The van der Waals surface area contributed by atoms with E-state index in [0.29, 0.717) is 11.6 Å². The van der Waals surface area contributed by atoms with Gasteiger partial charge in [-0.25, -0.2) is 5.43 Å². The molecule has 1 aromatic rings. The number of rotatable bonds is 5. The van der Waals surface area contributed by atoms with Gasteiger partial charge in [-0.2, -0.15) is 0 Å². The highest BCUT2D eigenvalue weighted by atomic mass is 35.5. The highest BCUT2D eigenvalue weighted by molar-refractivity contribution is 6.30. The molecule has 0 aromatic heterocycles. The molecular formula is C14H18ClN3O3. The Morgan fingerprint density at radius 3 is 2.76 bits per heavy atom. The fourth-order valence-electron chi connectivity index (χ4n) is 2.25. The highest BCUT2D eigenvalue weighted by Crippen LogP contribution is 2.26. The van der Waals surface area contributed by atoms with Crippen molar-refractivity contribution < 1.29 is 14.3 Å². The van der Waals surface area contributed by atoms with Crippen LogP contribution in [-0.4, -0.2) is 32.1 Å². The number of halogens is 1. The van der Waals surface area contributed by atoms with E-state index in [4.69, 9.17) is 11.6 Å². The van der Waals surface area contributed by atoms with Crippen molar-refractivity contribution in [3.05, 3.63) is 34.9 Å². The number of nitrogens with one attached hydrogen (secondary N) is 3. The lowest BCUT2D eigenvalue weighted by Gasteiger charge is -2.18. The van der Waals surface area contributed by atoms with Crippen molar-refractivity contribution >= 4 is 23.5 Å². The fourth-order valence-corrected chi connectivity index (χ4v) is 2.37. The number of hydrazine groups is 1. The zero-order chi connectivity index (χ0) is 15.2. The van der Waals surface area contributed by atoms with Crippen LogP contribution in [0, 0.1) is 5.92 Å². The summed E-state index contributed by atoms with van der Waals surface area (Å²) in [6.45, 7) is 0.798. The minimum Gasteiger partial charge on any atom is -0.469 e. The number of carbonyl (C=O) groups excluding carboxylic acids is 2. The average Bonchev–Trinajstić information content (AvgIpc) is 2.97. The minimum absolute atomic E-state index is 0.101. The van der Waals surface area contributed by atoms with E-state index in [1.54, 1.807) is 12.1 Å². The predicted octanol–water partition coefficient (Wildman–Crippen LogP) is 0.784. The van der Waals surface area contributed by atoms with Crippen molar-refractivity contribution in [2.24, 2.45) is 5.92 Å². The molecule has 0 bridgehead atoms. The van der Waals surface area contributed by atoms with Crippen LogP contribution in [0.15, 0.2) is 24.3 Å². The Morgan fingerprint density at radius 2 is 2.10 bits per heavy atom. The van der Waals surface area contributed by atoms with Gasteiger partial charge in [0.15, 0.2) is 0 Å². The summed E-state index contributed by atoms with van der Waals surface area (Å²) < 4.78 is 4.53. The van der Waals surface area contributed by atoms with E-state index >= 15 is 0 Å². The summed E-state index contributed by atoms with van der Waals surface area (Å²) in [5.74, 6) is -0.688. The average molecular weight is 312 g/mol. The van der Waals surface area contributed by atoms with Gasteiger partial charge in [-0.1, -0.05) is 23.7 Å². The van der Waals surface area contributed by atoms with Crippen molar-refractivity contribution in [1.82, 2.24) is 16.2 Å². The topological polar surface area (TPSA) is 79.5 Å². The third-order valence-corrected chi connectivity index (χ3v) is 3.66. The lowest BCUT2D eigenvalue weighted by atomic mass is 9.94. The molecule has 2 rings (SSSR count). The van der Waals surface area contributed by atoms with Crippen LogP contribution in [0.1, 0.15) is 18.0 Å². The normalized spacial score (nSPS) is 21.0. The third kappa shape index (κ3) is 4.17. The molecule has 1 aliphatic heterocycles. The molecule has 6 nitrogen and oxygen atoms in total. The smallest absolute Gasteiger partial charge is 0.307 e. The van der Waals surface area contributed by atoms with Gasteiger partial charge in [0.1, 0.15) is 0 Å². The maximum atomic E-state index is 12.2. The van der Waals surface area contributed by atoms with Gasteiger partial charge in [0.25, 0.3) is 0 Å². The van der Waals surface area contributed by atoms with Gasteiger partial charge in [0, 0.05) is 18.1 Å². The van der Waals surface area contributed by atoms with Crippen LogP contribution in [-0.2, 0) is 14.3 Å². The number of methoxy groups -OCH3 is 1. The summed E-state index contributed by atoms with van der Waals surface area (Å²) in [6, 6.07) is 7.25. The molecule has 0 spiro atoms. The number of esters is 1. The number of hydrogen-bond donors (Lipinski definition) is 3. The van der Waals surface area contributed by atoms with Crippen molar-refractivity contribution in [2.45, 2.75) is 12.5 Å². The number of carbonyl (C=O) groups is 2. The Morgan fingerprint density at radius 1 is 1.38 bits per heavy atom. The van der Waals surface area contributed by atoms with Crippen molar-refractivity contribution in [3.63, 3.8) is 0 Å². The number of benzene rings is 1. The molecule has 114 valence electrons. The van der Waals surface area contributed by atoms with Crippen LogP contribution in [0.4, 0.5) is 0 Å². The van der Waals surface area contributed by atoms with E-state index in [0.717, 1.165) is 5.56 Å². The van der Waals surface area contributed by atoms with Crippen LogP contribution in [0.3, 0.4) is 0 Å². The van der Waals surface area contributed by atoms with Gasteiger partial charge < -0.3 is 10.1 Å². The maximum Gasteiger partial charge on any atom is 0.307 e. The first-order valence-corrected chi connectivity index (χ1v) is 7.08. The summed E-state index contributed by atoms with van der Waals surface area (Å²) >= 11 is 5.87. The highest BCUT2D eigenvalue weighted by Gasteiger charge is 2.33. The van der Waals surface area contributed by atoms with Crippen LogP contribution >= 0.6 is 11.6 Å². The summed E-state index contributed by atoms with van der Waals surface area (Å²) in [6.07, 6.45) is 0.168. The van der Waals surface area contributed by atoms with Crippen LogP contribution < -0.4 is 16.2 Å². The first-order chi connectivity index (χ1) is 10.1. The van der Waals surface area contributed by atoms with Crippen molar-refractivity contribution in [2.75, 3.05) is 20.2 Å². The van der Waals surface area contributed by atoms with Gasteiger partial charge in [0.05, 0.1) is 25.5 Å². The molecule has 3 N–H and O–H groups in total. The molecule has 2 unspecified atom stereocenters. The molecule has 0 aliphatic carbocycles. The quantitative estimate of drug-likeness (QED) is 0.701. The summed E-state index contributed by atoms with van der Waals surface area (Å²) in [7, 11) is 1.32. The first-order valence-electron chi connectivity index (χ1n) is 6.70.